The van der Waals surface area contributed by atoms with Crippen molar-refractivity contribution in [1.82, 2.24) is 14.7 Å². The van der Waals surface area contributed by atoms with Gasteiger partial charge in [0.25, 0.3) is 6.43 Å². The number of carbonyl (C=O) groups excluding carboxylic acids is 2. The number of aryl methyl sites for hydroxylation is 1. The molecule has 0 N–H and O–H groups in total. The van der Waals surface area contributed by atoms with Crippen LogP contribution in [0.5, 0.6) is 0 Å². The van der Waals surface area contributed by atoms with Gasteiger partial charge in [0.05, 0.1) is 23.9 Å². The molecule has 8 heteroatoms. The number of allylic oxidation sites excluding steroid dienone is 4. The Morgan fingerprint density at radius 2 is 1.82 bits per heavy atom. The van der Waals surface area contributed by atoms with E-state index in [1.54, 1.807) is 11.9 Å². The maximum atomic E-state index is 13.6. The van der Waals surface area contributed by atoms with Gasteiger partial charge >= 0.3 is 0 Å². The number of alkyl halides is 2. The van der Waals surface area contributed by atoms with Gasteiger partial charge < -0.3 is 4.90 Å². The van der Waals surface area contributed by atoms with Crippen molar-refractivity contribution >= 4 is 28.2 Å². The summed E-state index contributed by atoms with van der Waals surface area (Å²) in [5, 5.41) is 5.53. The second-order valence-electron chi connectivity index (χ2n) is 11.4. The Balaban J connectivity index is 1.61. The van der Waals surface area contributed by atoms with Crippen molar-refractivity contribution in [3.8, 4) is 0 Å². The molecule has 2 aliphatic rings. The van der Waals surface area contributed by atoms with Gasteiger partial charge in [0.2, 0.25) is 0 Å². The smallest absolute Gasteiger partial charge is 0.251 e. The summed E-state index contributed by atoms with van der Waals surface area (Å²) in [6.07, 6.45) is 6.31. The van der Waals surface area contributed by atoms with Crippen molar-refractivity contribution in [3.63, 3.8) is 0 Å². The summed E-state index contributed by atoms with van der Waals surface area (Å²) in [4.78, 5) is 30.5. The highest BCUT2D eigenvalue weighted by atomic mass is 19.3. The summed E-state index contributed by atoms with van der Waals surface area (Å²) in [6.45, 7) is 8.64. The van der Waals surface area contributed by atoms with Gasteiger partial charge in [-0.3, -0.25) is 19.2 Å². The van der Waals surface area contributed by atoms with Crippen LogP contribution in [0, 0.1) is 6.92 Å². The van der Waals surface area contributed by atoms with Crippen LogP contribution in [0.4, 0.5) is 14.5 Å². The highest BCUT2D eigenvalue weighted by Gasteiger charge is 2.31. The average molecular weight is 541 g/mol. The summed E-state index contributed by atoms with van der Waals surface area (Å²) in [5.74, 6) is 0.149. The Morgan fingerprint density at radius 3 is 2.44 bits per heavy atom. The molecule has 1 aromatic carbocycles. The van der Waals surface area contributed by atoms with Gasteiger partial charge in [-0.05, 0) is 89.6 Å². The Kier molecular flexibility index (Phi) is 9.04. The first-order chi connectivity index (χ1) is 18.5. The normalized spacial score (nSPS) is 20.4. The maximum absolute atomic E-state index is 13.6. The minimum atomic E-state index is -2.32. The summed E-state index contributed by atoms with van der Waals surface area (Å²) >= 11 is 0. The minimum absolute atomic E-state index is 0.0320. The predicted octanol–water partition coefficient (Wildman–Crippen LogP) is 6.41. The molecule has 0 atom stereocenters. The Bertz CT molecular complexity index is 1300. The SMILES string of the molecule is CCN(c1c(C)c(C(=O)CCC2=C(C)C=C(C)CC2=O)cc2c1cnn2C)C1CCC(N(C)CC(F)F)CC1. The van der Waals surface area contributed by atoms with E-state index < -0.39 is 6.43 Å². The molecule has 0 saturated heterocycles. The van der Waals surface area contributed by atoms with Gasteiger partial charge in [-0.25, -0.2) is 8.78 Å². The fraction of sp³-hybridized carbons (Fsp3) is 0.581. The lowest BCUT2D eigenvalue weighted by molar-refractivity contribution is -0.115. The molecule has 2 aromatic rings. The second kappa shape index (κ2) is 12.1. The fourth-order valence-corrected chi connectivity index (χ4v) is 6.61. The molecule has 212 valence electrons. The van der Waals surface area contributed by atoms with Gasteiger partial charge in [-0.15, -0.1) is 0 Å². The Labute approximate surface area is 230 Å². The molecule has 1 aromatic heterocycles. The van der Waals surface area contributed by atoms with Crippen LogP contribution in [0.2, 0.25) is 0 Å². The molecule has 2 aliphatic carbocycles. The highest BCUT2D eigenvalue weighted by Crippen LogP contribution is 2.38. The van der Waals surface area contributed by atoms with Gasteiger partial charge in [0.1, 0.15) is 0 Å². The van der Waals surface area contributed by atoms with E-state index >= 15 is 0 Å². The molecular formula is C31H42F2N4O2. The zero-order valence-corrected chi connectivity index (χ0v) is 24.2. The van der Waals surface area contributed by atoms with Crippen molar-refractivity contribution in [2.45, 2.75) is 91.1 Å². The molecule has 0 spiro atoms. The molecule has 6 nitrogen and oxygen atoms in total. The first-order valence-electron chi connectivity index (χ1n) is 14.1. The molecule has 0 amide bonds. The zero-order valence-electron chi connectivity index (χ0n) is 24.2. The first-order valence-corrected chi connectivity index (χ1v) is 14.1. The van der Waals surface area contributed by atoms with Crippen molar-refractivity contribution < 1.29 is 18.4 Å². The highest BCUT2D eigenvalue weighted by molar-refractivity contribution is 6.07. The number of nitrogens with zero attached hydrogens (tertiary/aromatic N) is 4. The molecular weight excluding hydrogens is 498 g/mol. The molecule has 39 heavy (non-hydrogen) atoms. The van der Waals surface area contributed by atoms with Crippen LogP contribution in [0.1, 0.15) is 81.6 Å². The van der Waals surface area contributed by atoms with E-state index in [9.17, 15) is 18.4 Å². The van der Waals surface area contributed by atoms with Gasteiger partial charge in [-0.1, -0.05) is 11.6 Å². The van der Waals surface area contributed by atoms with Crippen LogP contribution in [-0.4, -0.2) is 64.9 Å². The number of hydrogen-bond donors (Lipinski definition) is 0. The van der Waals surface area contributed by atoms with Crippen molar-refractivity contribution in [2.24, 2.45) is 7.05 Å². The molecule has 0 aliphatic heterocycles. The fourth-order valence-electron chi connectivity index (χ4n) is 6.61. The summed E-state index contributed by atoms with van der Waals surface area (Å²) in [5.41, 5.74) is 6.35. The number of aromatic nitrogens is 2. The van der Waals surface area contributed by atoms with Crippen molar-refractivity contribution in [2.75, 3.05) is 25.0 Å². The average Bonchev–Trinajstić information content (AvgIpc) is 3.24. The van der Waals surface area contributed by atoms with E-state index in [1.165, 1.54) is 0 Å². The predicted molar refractivity (Wildman–Crippen MR) is 153 cm³/mol. The summed E-state index contributed by atoms with van der Waals surface area (Å²) < 4.78 is 27.7. The van der Waals surface area contributed by atoms with Crippen molar-refractivity contribution in [1.29, 1.82) is 0 Å². The van der Waals surface area contributed by atoms with E-state index in [-0.39, 0.29) is 36.6 Å². The van der Waals surface area contributed by atoms with E-state index in [2.05, 4.69) is 16.9 Å². The molecule has 0 bridgehead atoms. The minimum Gasteiger partial charge on any atom is -0.368 e. The van der Waals surface area contributed by atoms with Gasteiger partial charge in [0.15, 0.2) is 11.6 Å². The number of anilines is 1. The number of fused-ring (bicyclic) bond motifs is 1. The second-order valence-corrected chi connectivity index (χ2v) is 11.4. The van der Waals surface area contributed by atoms with Gasteiger partial charge in [-0.2, -0.15) is 5.10 Å². The van der Waals surface area contributed by atoms with Crippen LogP contribution >= 0.6 is 0 Å². The van der Waals surface area contributed by atoms with E-state index in [0.29, 0.717) is 18.4 Å². The Morgan fingerprint density at radius 1 is 1.15 bits per heavy atom. The van der Waals surface area contributed by atoms with Crippen LogP contribution in [0.3, 0.4) is 0 Å². The number of hydrogen-bond acceptors (Lipinski definition) is 5. The molecule has 0 radical (unpaired) electrons. The standard InChI is InChI=1S/C31H42F2N4O2/c1-7-37(23-10-8-22(9-11-23)35(5)18-30(32)33)31-21(4)25(16-27-26(31)17-34-36(27)6)28(38)13-12-24-20(3)14-19(2)15-29(24)39/h14,16-17,22-23,30H,7-13,15,18H2,1-6H3. The van der Waals surface area contributed by atoms with Crippen LogP contribution in [0.25, 0.3) is 10.9 Å². The summed E-state index contributed by atoms with van der Waals surface area (Å²) in [6, 6.07) is 2.38. The largest absolute Gasteiger partial charge is 0.368 e. The molecule has 1 saturated carbocycles. The lowest BCUT2D eigenvalue weighted by Gasteiger charge is -2.41. The lowest BCUT2D eigenvalue weighted by atomic mass is 9.87. The molecule has 0 unspecified atom stereocenters. The van der Waals surface area contributed by atoms with Crippen LogP contribution < -0.4 is 4.90 Å². The van der Waals surface area contributed by atoms with Crippen LogP contribution in [-0.2, 0) is 11.8 Å². The number of benzene rings is 1. The zero-order chi connectivity index (χ0) is 28.4. The number of rotatable bonds is 10. The number of carbonyl (C=O) groups is 2. The molecule has 4 rings (SSSR count). The van der Waals surface area contributed by atoms with E-state index in [4.69, 9.17) is 0 Å². The third-order valence-corrected chi connectivity index (χ3v) is 8.68. The quantitative estimate of drug-likeness (QED) is 0.326. The maximum Gasteiger partial charge on any atom is 0.251 e. The molecule has 1 heterocycles. The van der Waals surface area contributed by atoms with Crippen LogP contribution in [0.15, 0.2) is 35.1 Å². The monoisotopic (exact) mass is 540 g/mol. The summed E-state index contributed by atoms with van der Waals surface area (Å²) in [7, 11) is 3.68. The Hall–Kier alpha value is -2.87. The van der Waals surface area contributed by atoms with Crippen molar-refractivity contribution in [3.05, 3.63) is 46.2 Å². The topological polar surface area (TPSA) is 58.4 Å². The van der Waals surface area contributed by atoms with E-state index in [0.717, 1.165) is 71.1 Å². The number of ketones is 2. The number of halogens is 2. The first kappa shape index (κ1) is 29.1. The third-order valence-electron chi connectivity index (χ3n) is 8.68. The third kappa shape index (κ3) is 6.16. The lowest BCUT2D eigenvalue weighted by Crippen LogP contribution is -2.44. The van der Waals surface area contributed by atoms with Gasteiger partial charge in [0, 0.05) is 49.5 Å². The number of Topliss-reactive ketones (excluding diaryl/α,β-unsaturated/α-hetero) is 2. The van der Waals surface area contributed by atoms with E-state index in [1.807, 2.05) is 50.8 Å². The molecule has 1 fully saturated rings.